The van der Waals surface area contributed by atoms with E-state index in [1.165, 1.54) is 31.4 Å². The lowest BCUT2D eigenvalue weighted by atomic mass is 10.3. The van der Waals surface area contributed by atoms with E-state index in [-0.39, 0.29) is 30.3 Å². The number of hydrogen-bond donors (Lipinski definition) is 1. The summed E-state index contributed by atoms with van der Waals surface area (Å²) in [4.78, 5) is 11.0. The minimum atomic E-state index is -3.88. The van der Waals surface area contributed by atoms with Gasteiger partial charge in [-0.3, -0.25) is 0 Å². The zero-order chi connectivity index (χ0) is 15.9. The Bertz CT molecular complexity index is 606. The van der Waals surface area contributed by atoms with Gasteiger partial charge in [0.05, 0.1) is 30.3 Å². The Kier molecular flexibility index (Phi) is 6.83. The van der Waals surface area contributed by atoms with Crippen LogP contribution in [-0.2, 0) is 24.1 Å². The van der Waals surface area contributed by atoms with Crippen molar-refractivity contribution in [1.29, 1.82) is 0 Å². The molecule has 0 atom stereocenters. The summed E-state index contributed by atoms with van der Waals surface area (Å²) in [6.45, 7) is 0.129. The van der Waals surface area contributed by atoms with Crippen LogP contribution in [0.4, 0.5) is 0 Å². The van der Waals surface area contributed by atoms with Crippen molar-refractivity contribution < 1.29 is 27.8 Å². The maximum atomic E-state index is 12.1. The van der Waals surface area contributed by atoms with Crippen LogP contribution in [-0.4, -0.2) is 46.4 Å². The molecule has 1 aromatic carbocycles. The summed E-state index contributed by atoms with van der Waals surface area (Å²) < 4.78 is 33.9. The van der Waals surface area contributed by atoms with Crippen LogP contribution in [0.3, 0.4) is 0 Å². The van der Waals surface area contributed by atoms with E-state index in [2.05, 4.69) is 0 Å². The second kappa shape index (κ2) is 8.14. The van der Waals surface area contributed by atoms with Gasteiger partial charge >= 0.3 is 5.97 Å². The van der Waals surface area contributed by atoms with E-state index in [9.17, 15) is 13.2 Å². The number of carboxylic acids is 1. The maximum absolute atomic E-state index is 12.1. The van der Waals surface area contributed by atoms with Crippen molar-refractivity contribution in [3.63, 3.8) is 0 Å². The molecule has 0 aromatic heterocycles. The van der Waals surface area contributed by atoms with Crippen molar-refractivity contribution >= 4 is 27.4 Å². The van der Waals surface area contributed by atoms with E-state index >= 15 is 0 Å². The first-order valence-corrected chi connectivity index (χ1v) is 7.80. The van der Waals surface area contributed by atoms with Gasteiger partial charge in [-0.25, -0.2) is 13.2 Å². The number of rotatable bonds is 8. The molecule has 0 fully saturated rings. The van der Waals surface area contributed by atoms with Crippen LogP contribution < -0.4 is 0 Å². The summed E-state index contributed by atoms with van der Waals surface area (Å²) in [5.74, 6) is -1.36. The molecule has 0 radical (unpaired) electrons. The first kappa shape index (κ1) is 17.6. The minimum absolute atomic E-state index is 0.0393. The van der Waals surface area contributed by atoms with Gasteiger partial charge in [-0.1, -0.05) is 11.6 Å². The highest BCUT2D eigenvalue weighted by atomic mass is 35.5. The third-order valence-corrected chi connectivity index (χ3v) is 4.18. The first-order valence-electron chi connectivity index (χ1n) is 5.88. The fourth-order valence-corrected chi connectivity index (χ4v) is 2.67. The quantitative estimate of drug-likeness (QED) is 0.575. The van der Waals surface area contributed by atoms with Crippen LogP contribution in [0.25, 0.3) is 0 Å². The molecule has 0 aliphatic heterocycles. The van der Waals surface area contributed by atoms with Crippen LogP contribution in [0.5, 0.6) is 0 Å². The Morgan fingerprint density at radius 3 is 2.43 bits per heavy atom. The molecule has 0 aliphatic carbocycles. The Morgan fingerprint density at radius 2 is 1.90 bits per heavy atom. The van der Waals surface area contributed by atoms with Crippen LogP contribution in [0, 0.1) is 0 Å². The van der Waals surface area contributed by atoms with Crippen LogP contribution in [0.1, 0.15) is 0 Å². The average molecular weight is 335 g/mol. The van der Waals surface area contributed by atoms with Crippen molar-refractivity contribution in [3.8, 4) is 0 Å². The van der Waals surface area contributed by atoms with Gasteiger partial charge in [0.25, 0.3) is 0 Å². The molecular weight excluding hydrogens is 320 g/mol. The molecule has 0 heterocycles. The molecule has 6 nitrogen and oxygen atoms in total. The molecule has 0 saturated carbocycles. The third kappa shape index (κ3) is 5.84. The van der Waals surface area contributed by atoms with E-state index in [0.29, 0.717) is 10.4 Å². The van der Waals surface area contributed by atoms with Crippen molar-refractivity contribution in [2.24, 2.45) is 0 Å². The Balaban J connectivity index is 2.92. The number of sulfone groups is 1. The van der Waals surface area contributed by atoms with Crippen LogP contribution in [0.2, 0.25) is 5.02 Å². The van der Waals surface area contributed by atoms with Crippen LogP contribution >= 0.6 is 11.6 Å². The number of methoxy groups -OCH3 is 1. The maximum Gasteiger partial charge on any atom is 0.334 e. The molecule has 0 bridgehead atoms. The summed E-state index contributed by atoms with van der Waals surface area (Å²) in [5.41, 5.74) is -0.360. The Hall–Kier alpha value is -1.41. The molecule has 1 N–H and O–H groups in total. The molecule has 116 valence electrons. The van der Waals surface area contributed by atoms with Gasteiger partial charge in [0.1, 0.15) is 0 Å². The summed E-state index contributed by atoms with van der Waals surface area (Å²) in [5, 5.41) is 10.1. The third-order valence-electron chi connectivity index (χ3n) is 2.40. The molecule has 0 spiro atoms. The van der Waals surface area contributed by atoms with Crippen molar-refractivity contribution in [2.75, 3.05) is 26.9 Å². The Labute approximate surface area is 127 Å². The number of aliphatic carboxylic acids is 1. The lowest BCUT2D eigenvalue weighted by Crippen LogP contribution is -2.13. The summed E-state index contributed by atoms with van der Waals surface area (Å²) >= 11 is 5.68. The fraction of sp³-hybridized carbons (Fsp3) is 0.308. The SMILES string of the molecule is COCCOCC(=CS(=O)(=O)c1ccc(Cl)cc1)C(=O)O. The van der Waals surface area contributed by atoms with Gasteiger partial charge in [-0.05, 0) is 24.3 Å². The molecule has 21 heavy (non-hydrogen) atoms. The predicted molar refractivity (Wildman–Crippen MR) is 77.1 cm³/mol. The fourth-order valence-electron chi connectivity index (χ4n) is 1.35. The largest absolute Gasteiger partial charge is 0.478 e. The number of benzene rings is 1. The highest BCUT2D eigenvalue weighted by Gasteiger charge is 2.17. The van der Waals surface area contributed by atoms with Gasteiger partial charge in [0, 0.05) is 17.5 Å². The number of hydrogen-bond acceptors (Lipinski definition) is 5. The minimum Gasteiger partial charge on any atom is -0.478 e. The van der Waals surface area contributed by atoms with Crippen molar-refractivity contribution in [1.82, 2.24) is 0 Å². The monoisotopic (exact) mass is 334 g/mol. The summed E-state index contributed by atoms with van der Waals surface area (Å²) in [7, 11) is -2.40. The normalized spacial score (nSPS) is 12.4. The van der Waals surface area contributed by atoms with Gasteiger partial charge in [-0.2, -0.15) is 0 Å². The molecule has 0 aliphatic rings. The van der Waals surface area contributed by atoms with Crippen molar-refractivity contribution in [2.45, 2.75) is 4.90 Å². The van der Waals surface area contributed by atoms with Gasteiger partial charge in [-0.15, -0.1) is 0 Å². The molecule has 0 unspecified atom stereocenters. The molecule has 1 rings (SSSR count). The molecular formula is C13H15ClO6S. The van der Waals surface area contributed by atoms with Crippen LogP contribution in [0.15, 0.2) is 40.1 Å². The molecule has 0 saturated heterocycles. The average Bonchev–Trinajstić information content (AvgIpc) is 2.42. The summed E-state index contributed by atoms with van der Waals surface area (Å²) in [6.07, 6.45) is 0. The topological polar surface area (TPSA) is 89.9 Å². The van der Waals surface area contributed by atoms with E-state index in [1.807, 2.05) is 0 Å². The number of ether oxygens (including phenoxy) is 2. The Morgan fingerprint density at radius 1 is 1.29 bits per heavy atom. The highest BCUT2D eigenvalue weighted by molar-refractivity contribution is 7.94. The van der Waals surface area contributed by atoms with E-state index in [0.717, 1.165) is 0 Å². The van der Waals surface area contributed by atoms with E-state index < -0.39 is 15.8 Å². The number of halogens is 1. The van der Waals surface area contributed by atoms with E-state index in [1.54, 1.807) is 0 Å². The predicted octanol–water partition coefficient (Wildman–Crippen LogP) is 1.75. The van der Waals surface area contributed by atoms with Gasteiger partial charge in [0.15, 0.2) is 9.84 Å². The lowest BCUT2D eigenvalue weighted by molar-refractivity contribution is -0.133. The second-order valence-electron chi connectivity index (χ2n) is 3.99. The lowest BCUT2D eigenvalue weighted by Gasteiger charge is -2.05. The van der Waals surface area contributed by atoms with Gasteiger partial charge in [0.2, 0.25) is 0 Å². The smallest absolute Gasteiger partial charge is 0.334 e. The molecule has 8 heteroatoms. The zero-order valence-electron chi connectivity index (χ0n) is 11.3. The zero-order valence-corrected chi connectivity index (χ0v) is 12.9. The second-order valence-corrected chi connectivity index (χ2v) is 6.23. The highest BCUT2D eigenvalue weighted by Crippen LogP contribution is 2.17. The van der Waals surface area contributed by atoms with E-state index in [4.69, 9.17) is 26.2 Å². The molecule has 0 amide bonds. The first-order chi connectivity index (χ1) is 9.86. The summed E-state index contributed by atoms with van der Waals surface area (Å²) in [6, 6.07) is 5.44. The number of carboxylic acid groups (broad SMARTS) is 1. The van der Waals surface area contributed by atoms with Crippen molar-refractivity contribution in [3.05, 3.63) is 40.3 Å². The standard InChI is InChI=1S/C13H15ClO6S/c1-19-6-7-20-8-10(13(15)16)9-21(17,18)12-4-2-11(14)3-5-12/h2-5,9H,6-8H2,1H3,(H,15,16). The molecule has 1 aromatic rings. The van der Waals surface area contributed by atoms with Gasteiger partial charge < -0.3 is 14.6 Å². The number of carbonyl (C=O) groups is 1.